The van der Waals surface area contributed by atoms with E-state index in [-0.39, 0.29) is 11.6 Å². The molecule has 96 valence electrons. The molecule has 0 aliphatic carbocycles. The molecular formula is C13H16FN3O. The maximum atomic E-state index is 13.4. The SMILES string of the molecule is COc1ccc(CNCCc2cnc[nH]2)cc1F. The van der Waals surface area contributed by atoms with E-state index in [2.05, 4.69) is 15.3 Å². The third-order valence-electron chi connectivity index (χ3n) is 2.67. The fourth-order valence-electron chi connectivity index (χ4n) is 1.70. The van der Waals surface area contributed by atoms with Gasteiger partial charge in [-0.3, -0.25) is 0 Å². The first-order valence-corrected chi connectivity index (χ1v) is 5.80. The summed E-state index contributed by atoms with van der Waals surface area (Å²) in [6.07, 6.45) is 4.33. The van der Waals surface area contributed by atoms with Gasteiger partial charge in [0.2, 0.25) is 0 Å². The van der Waals surface area contributed by atoms with Gasteiger partial charge in [-0.1, -0.05) is 6.07 Å². The zero-order valence-corrected chi connectivity index (χ0v) is 10.2. The predicted molar refractivity (Wildman–Crippen MR) is 67.0 cm³/mol. The largest absolute Gasteiger partial charge is 0.494 e. The van der Waals surface area contributed by atoms with E-state index in [1.807, 2.05) is 6.07 Å². The Hall–Kier alpha value is -1.88. The number of imidazole rings is 1. The summed E-state index contributed by atoms with van der Waals surface area (Å²) in [6.45, 7) is 1.45. The van der Waals surface area contributed by atoms with Crippen molar-refractivity contribution in [1.29, 1.82) is 0 Å². The number of aromatic amines is 1. The van der Waals surface area contributed by atoms with Crippen molar-refractivity contribution in [2.75, 3.05) is 13.7 Å². The first-order valence-electron chi connectivity index (χ1n) is 5.80. The van der Waals surface area contributed by atoms with Gasteiger partial charge < -0.3 is 15.0 Å². The predicted octanol–water partition coefficient (Wildman–Crippen LogP) is 1.89. The second kappa shape index (κ2) is 6.16. The fraction of sp³-hybridized carbons (Fsp3) is 0.308. The van der Waals surface area contributed by atoms with Crippen LogP contribution < -0.4 is 10.1 Å². The van der Waals surface area contributed by atoms with Crippen LogP contribution in [-0.4, -0.2) is 23.6 Å². The average molecular weight is 249 g/mol. The van der Waals surface area contributed by atoms with Crippen LogP contribution in [0.2, 0.25) is 0 Å². The summed E-state index contributed by atoms with van der Waals surface area (Å²) < 4.78 is 18.3. The monoisotopic (exact) mass is 249 g/mol. The summed E-state index contributed by atoms with van der Waals surface area (Å²) in [5.41, 5.74) is 1.99. The summed E-state index contributed by atoms with van der Waals surface area (Å²) in [5, 5.41) is 3.25. The number of rotatable bonds is 6. The van der Waals surface area contributed by atoms with Gasteiger partial charge in [0.1, 0.15) is 0 Å². The number of halogens is 1. The highest BCUT2D eigenvalue weighted by atomic mass is 19.1. The Balaban J connectivity index is 1.78. The maximum absolute atomic E-state index is 13.4. The van der Waals surface area contributed by atoms with Crippen LogP contribution in [0.15, 0.2) is 30.7 Å². The van der Waals surface area contributed by atoms with Crippen LogP contribution in [0, 0.1) is 5.82 Å². The van der Waals surface area contributed by atoms with E-state index in [1.165, 1.54) is 13.2 Å². The number of ether oxygens (including phenoxy) is 1. The van der Waals surface area contributed by atoms with E-state index in [1.54, 1.807) is 18.6 Å². The number of methoxy groups -OCH3 is 1. The van der Waals surface area contributed by atoms with Crippen molar-refractivity contribution >= 4 is 0 Å². The Bertz CT molecular complexity index is 485. The van der Waals surface area contributed by atoms with Crippen molar-refractivity contribution in [1.82, 2.24) is 15.3 Å². The molecular weight excluding hydrogens is 233 g/mol. The van der Waals surface area contributed by atoms with Crippen LogP contribution in [0.5, 0.6) is 5.75 Å². The molecule has 0 bridgehead atoms. The van der Waals surface area contributed by atoms with Gasteiger partial charge in [-0.2, -0.15) is 0 Å². The highest BCUT2D eigenvalue weighted by Crippen LogP contribution is 2.17. The summed E-state index contributed by atoms with van der Waals surface area (Å²) in [4.78, 5) is 6.98. The zero-order valence-electron chi connectivity index (χ0n) is 10.2. The van der Waals surface area contributed by atoms with Crippen molar-refractivity contribution in [3.63, 3.8) is 0 Å². The molecule has 0 amide bonds. The van der Waals surface area contributed by atoms with Crippen LogP contribution in [-0.2, 0) is 13.0 Å². The smallest absolute Gasteiger partial charge is 0.165 e. The third kappa shape index (κ3) is 3.30. The van der Waals surface area contributed by atoms with E-state index in [0.29, 0.717) is 6.54 Å². The van der Waals surface area contributed by atoms with Crippen LogP contribution in [0.25, 0.3) is 0 Å². The molecule has 0 saturated carbocycles. The Morgan fingerprint density at radius 1 is 1.44 bits per heavy atom. The second-order valence-corrected chi connectivity index (χ2v) is 3.97. The van der Waals surface area contributed by atoms with Gasteiger partial charge in [-0.15, -0.1) is 0 Å². The lowest BCUT2D eigenvalue weighted by atomic mass is 10.2. The van der Waals surface area contributed by atoms with E-state index in [4.69, 9.17) is 4.74 Å². The molecule has 0 fully saturated rings. The van der Waals surface area contributed by atoms with Gasteiger partial charge in [0.25, 0.3) is 0 Å². The number of nitrogens with zero attached hydrogens (tertiary/aromatic N) is 1. The van der Waals surface area contributed by atoms with E-state index < -0.39 is 0 Å². The van der Waals surface area contributed by atoms with E-state index in [9.17, 15) is 4.39 Å². The first kappa shape index (κ1) is 12.6. The van der Waals surface area contributed by atoms with Gasteiger partial charge >= 0.3 is 0 Å². The van der Waals surface area contributed by atoms with Crippen molar-refractivity contribution in [2.45, 2.75) is 13.0 Å². The van der Waals surface area contributed by atoms with Crippen molar-refractivity contribution < 1.29 is 9.13 Å². The first-order chi connectivity index (χ1) is 8.79. The highest BCUT2D eigenvalue weighted by Gasteiger charge is 2.03. The van der Waals surface area contributed by atoms with Gasteiger partial charge in [0, 0.05) is 31.4 Å². The average Bonchev–Trinajstić information content (AvgIpc) is 2.88. The third-order valence-corrected chi connectivity index (χ3v) is 2.67. The highest BCUT2D eigenvalue weighted by molar-refractivity contribution is 5.29. The molecule has 0 aliphatic rings. The molecule has 2 aromatic rings. The molecule has 1 aromatic heterocycles. The molecule has 1 aromatic carbocycles. The molecule has 0 aliphatic heterocycles. The molecule has 2 N–H and O–H groups in total. The number of hydrogen-bond acceptors (Lipinski definition) is 3. The Morgan fingerprint density at radius 2 is 2.33 bits per heavy atom. The van der Waals surface area contributed by atoms with Crippen LogP contribution >= 0.6 is 0 Å². The normalized spacial score (nSPS) is 10.6. The number of aromatic nitrogens is 2. The van der Waals surface area contributed by atoms with Gasteiger partial charge in [0.15, 0.2) is 11.6 Å². The summed E-state index contributed by atoms with van der Waals surface area (Å²) >= 11 is 0. The van der Waals surface area contributed by atoms with Gasteiger partial charge in [0.05, 0.1) is 13.4 Å². The lowest BCUT2D eigenvalue weighted by Gasteiger charge is -2.06. The molecule has 0 radical (unpaired) electrons. The summed E-state index contributed by atoms with van der Waals surface area (Å²) in [7, 11) is 1.46. The topological polar surface area (TPSA) is 49.9 Å². The zero-order chi connectivity index (χ0) is 12.8. The molecule has 0 saturated heterocycles. The minimum atomic E-state index is -0.328. The fourth-order valence-corrected chi connectivity index (χ4v) is 1.70. The van der Waals surface area contributed by atoms with Crippen LogP contribution in [0.3, 0.4) is 0 Å². The Labute approximate surface area is 105 Å². The molecule has 4 nitrogen and oxygen atoms in total. The number of nitrogens with one attached hydrogen (secondary N) is 2. The maximum Gasteiger partial charge on any atom is 0.165 e. The van der Waals surface area contributed by atoms with Gasteiger partial charge in [-0.05, 0) is 17.7 Å². The van der Waals surface area contributed by atoms with E-state index >= 15 is 0 Å². The molecule has 0 unspecified atom stereocenters. The summed E-state index contributed by atoms with van der Waals surface area (Å²) in [5.74, 6) is -0.0541. The minimum absolute atomic E-state index is 0.274. The minimum Gasteiger partial charge on any atom is -0.494 e. The van der Waals surface area contributed by atoms with Gasteiger partial charge in [-0.25, -0.2) is 9.37 Å². The molecule has 5 heteroatoms. The lowest BCUT2D eigenvalue weighted by Crippen LogP contribution is -2.16. The second-order valence-electron chi connectivity index (χ2n) is 3.97. The quantitative estimate of drug-likeness (QED) is 0.769. The molecule has 2 rings (SSSR count). The Kier molecular flexibility index (Phi) is 4.30. The lowest BCUT2D eigenvalue weighted by molar-refractivity contribution is 0.386. The molecule has 18 heavy (non-hydrogen) atoms. The standard InChI is InChI=1S/C13H16FN3O/c1-18-13-3-2-10(6-12(13)14)7-15-5-4-11-8-16-9-17-11/h2-3,6,8-9,15H,4-5,7H2,1H3,(H,16,17). The van der Waals surface area contributed by atoms with Crippen LogP contribution in [0.1, 0.15) is 11.3 Å². The Morgan fingerprint density at radius 3 is 3.00 bits per heavy atom. The molecule has 0 atom stereocenters. The molecule has 1 heterocycles. The van der Waals surface area contributed by atoms with E-state index in [0.717, 1.165) is 24.2 Å². The number of benzene rings is 1. The number of H-pyrrole nitrogens is 1. The van der Waals surface area contributed by atoms with Crippen molar-refractivity contribution in [3.8, 4) is 5.75 Å². The van der Waals surface area contributed by atoms with Crippen LogP contribution in [0.4, 0.5) is 4.39 Å². The number of hydrogen-bond donors (Lipinski definition) is 2. The van der Waals surface area contributed by atoms with Crippen molar-refractivity contribution in [3.05, 3.63) is 47.8 Å². The molecule has 0 spiro atoms. The summed E-state index contributed by atoms with van der Waals surface area (Å²) in [6, 6.07) is 4.98. The van der Waals surface area contributed by atoms with Crippen molar-refractivity contribution in [2.24, 2.45) is 0 Å².